The molecule has 100 valence electrons. The third-order valence-corrected chi connectivity index (χ3v) is 4.27. The highest BCUT2D eigenvalue weighted by Crippen LogP contribution is 2.17. The minimum Gasteiger partial charge on any atom is -0.396 e. The van der Waals surface area contributed by atoms with E-state index in [0.717, 1.165) is 37.6 Å². The van der Waals surface area contributed by atoms with Crippen molar-refractivity contribution >= 4 is 17.7 Å². The Hall–Kier alpha value is -0.220. The molecular formula is C13H25NO2S. The number of amides is 1. The fraction of sp³-hybridized carbons (Fsp3) is 0.923. The van der Waals surface area contributed by atoms with Crippen LogP contribution in [0.2, 0.25) is 0 Å². The summed E-state index contributed by atoms with van der Waals surface area (Å²) in [7, 11) is 0. The summed E-state index contributed by atoms with van der Waals surface area (Å²) in [6.45, 7) is 6.35. The lowest BCUT2D eigenvalue weighted by atomic mass is 9.98. The molecule has 1 fully saturated rings. The van der Waals surface area contributed by atoms with Gasteiger partial charge in [-0.05, 0) is 36.9 Å². The summed E-state index contributed by atoms with van der Waals surface area (Å²) in [4.78, 5) is 13.8. The summed E-state index contributed by atoms with van der Waals surface area (Å²) in [5, 5.41) is 9.03. The van der Waals surface area contributed by atoms with E-state index in [1.54, 1.807) is 11.8 Å². The molecule has 0 saturated carbocycles. The number of hydrogen-bond donors (Lipinski definition) is 1. The number of carbonyl (C=O) groups is 1. The summed E-state index contributed by atoms with van der Waals surface area (Å²) < 4.78 is 0. The Labute approximate surface area is 109 Å². The quantitative estimate of drug-likeness (QED) is 0.742. The second kappa shape index (κ2) is 7.98. The van der Waals surface area contributed by atoms with Gasteiger partial charge in [-0.1, -0.05) is 13.8 Å². The lowest BCUT2D eigenvalue weighted by Crippen LogP contribution is -2.40. The van der Waals surface area contributed by atoms with Crippen LogP contribution in [0.15, 0.2) is 0 Å². The lowest BCUT2D eigenvalue weighted by Gasteiger charge is -2.31. The number of nitrogens with zero attached hydrogens (tertiary/aromatic N) is 1. The Balaban J connectivity index is 2.12. The Morgan fingerprint density at radius 1 is 1.41 bits per heavy atom. The van der Waals surface area contributed by atoms with Crippen LogP contribution in [0, 0.1) is 11.8 Å². The largest absolute Gasteiger partial charge is 0.396 e. The van der Waals surface area contributed by atoms with E-state index in [4.69, 9.17) is 5.11 Å². The summed E-state index contributed by atoms with van der Waals surface area (Å²) >= 11 is 1.75. The second-order valence-corrected chi connectivity index (χ2v) is 6.35. The molecule has 1 aliphatic rings. The van der Waals surface area contributed by atoms with E-state index in [2.05, 4.69) is 13.8 Å². The monoisotopic (exact) mass is 259 g/mol. The van der Waals surface area contributed by atoms with Crippen LogP contribution < -0.4 is 0 Å². The fourth-order valence-corrected chi connectivity index (χ4v) is 3.07. The molecule has 4 heteroatoms. The molecule has 0 aromatic heterocycles. The number of hydrogen-bond acceptors (Lipinski definition) is 3. The molecule has 1 N–H and O–H groups in total. The molecular weight excluding hydrogens is 234 g/mol. The zero-order chi connectivity index (χ0) is 12.7. The van der Waals surface area contributed by atoms with E-state index in [-0.39, 0.29) is 12.5 Å². The Morgan fingerprint density at radius 3 is 2.59 bits per heavy atom. The Bertz CT molecular complexity index is 225. The van der Waals surface area contributed by atoms with Gasteiger partial charge in [-0.3, -0.25) is 4.79 Å². The number of rotatable bonds is 6. The molecule has 0 aromatic carbocycles. The summed E-state index contributed by atoms with van der Waals surface area (Å²) in [5.41, 5.74) is 0. The maximum absolute atomic E-state index is 11.9. The van der Waals surface area contributed by atoms with E-state index in [0.29, 0.717) is 11.7 Å². The minimum atomic E-state index is 0.269. The fourth-order valence-electron chi connectivity index (χ4n) is 1.93. The van der Waals surface area contributed by atoms with Crippen LogP contribution in [0.4, 0.5) is 0 Å². The smallest absolute Gasteiger partial charge is 0.232 e. The van der Waals surface area contributed by atoms with Crippen molar-refractivity contribution in [3.63, 3.8) is 0 Å². The summed E-state index contributed by atoms with van der Waals surface area (Å²) in [5.74, 6) is 3.10. The Morgan fingerprint density at radius 2 is 2.06 bits per heavy atom. The molecule has 3 nitrogen and oxygen atoms in total. The van der Waals surface area contributed by atoms with E-state index in [1.807, 2.05) is 4.90 Å². The third-order valence-electron chi connectivity index (χ3n) is 3.29. The van der Waals surface area contributed by atoms with E-state index < -0.39 is 0 Å². The van der Waals surface area contributed by atoms with Gasteiger partial charge in [-0.25, -0.2) is 0 Å². The van der Waals surface area contributed by atoms with Crippen molar-refractivity contribution in [1.29, 1.82) is 0 Å². The molecule has 0 aliphatic carbocycles. The van der Waals surface area contributed by atoms with Gasteiger partial charge >= 0.3 is 0 Å². The Kier molecular flexibility index (Phi) is 6.97. The highest BCUT2D eigenvalue weighted by atomic mass is 32.2. The highest BCUT2D eigenvalue weighted by Gasteiger charge is 2.21. The molecule has 1 rings (SSSR count). The molecule has 0 bridgehead atoms. The molecule has 0 spiro atoms. The van der Waals surface area contributed by atoms with Crippen LogP contribution in [0.25, 0.3) is 0 Å². The van der Waals surface area contributed by atoms with Crippen LogP contribution in [-0.4, -0.2) is 47.1 Å². The predicted molar refractivity (Wildman–Crippen MR) is 73.2 cm³/mol. The molecule has 17 heavy (non-hydrogen) atoms. The number of carbonyl (C=O) groups excluding carboxylic acids is 1. The van der Waals surface area contributed by atoms with Gasteiger partial charge in [0.1, 0.15) is 0 Å². The first kappa shape index (κ1) is 14.8. The van der Waals surface area contributed by atoms with Crippen LogP contribution in [0.3, 0.4) is 0 Å². The van der Waals surface area contributed by atoms with Gasteiger partial charge in [-0.15, -0.1) is 0 Å². The number of thioether (sulfide) groups is 1. The van der Waals surface area contributed by atoms with Gasteiger partial charge in [0.15, 0.2) is 0 Å². The molecule has 0 aromatic rings. The maximum atomic E-state index is 11.9. The van der Waals surface area contributed by atoms with Crippen molar-refractivity contribution in [2.45, 2.75) is 33.1 Å². The number of piperidine rings is 1. The topological polar surface area (TPSA) is 40.5 Å². The lowest BCUT2D eigenvalue weighted by molar-refractivity contribution is -0.129. The zero-order valence-electron chi connectivity index (χ0n) is 11.0. The van der Waals surface area contributed by atoms with Gasteiger partial charge in [0.05, 0.1) is 5.75 Å². The van der Waals surface area contributed by atoms with E-state index in [9.17, 15) is 4.79 Å². The SMILES string of the molecule is CC(C)CCSCC(=O)N1CCC(CO)CC1. The first-order valence-electron chi connectivity index (χ1n) is 6.60. The second-order valence-electron chi connectivity index (χ2n) is 5.24. The molecule has 1 heterocycles. The maximum Gasteiger partial charge on any atom is 0.232 e. The van der Waals surface area contributed by atoms with Gasteiger partial charge < -0.3 is 10.0 Å². The van der Waals surface area contributed by atoms with E-state index in [1.165, 1.54) is 6.42 Å². The van der Waals surface area contributed by atoms with Crippen molar-refractivity contribution in [3.8, 4) is 0 Å². The van der Waals surface area contributed by atoms with Crippen LogP contribution in [0.5, 0.6) is 0 Å². The van der Waals surface area contributed by atoms with Crippen LogP contribution in [0.1, 0.15) is 33.1 Å². The van der Waals surface area contributed by atoms with E-state index >= 15 is 0 Å². The molecule has 1 amide bonds. The molecule has 0 unspecified atom stereocenters. The standard InChI is InChI=1S/C13H25NO2S/c1-11(2)5-8-17-10-13(16)14-6-3-12(9-15)4-7-14/h11-12,15H,3-10H2,1-2H3. The van der Waals surface area contributed by atoms with Crippen LogP contribution >= 0.6 is 11.8 Å². The van der Waals surface area contributed by atoms with Crippen molar-refractivity contribution < 1.29 is 9.90 Å². The normalized spacial score (nSPS) is 17.8. The average molecular weight is 259 g/mol. The number of aliphatic hydroxyl groups excluding tert-OH is 1. The molecule has 1 saturated heterocycles. The first-order chi connectivity index (χ1) is 8.13. The molecule has 1 aliphatic heterocycles. The zero-order valence-corrected chi connectivity index (χ0v) is 11.8. The van der Waals surface area contributed by atoms with Crippen molar-refractivity contribution in [2.75, 3.05) is 31.2 Å². The van der Waals surface area contributed by atoms with Gasteiger partial charge in [-0.2, -0.15) is 11.8 Å². The van der Waals surface area contributed by atoms with Crippen molar-refractivity contribution in [3.05, 3.63) is 0 Å². The van der Waals surface area contributed by atoms with Gasteiger partial charge in [0.25, 0.3) is 0 Å². The van der Waals surface area contributed by atoms with Crippen molar-refractivity contribution in [1.82, 2.24) is 4.90 Å². The molecule has 0 atom stereocenters. The number of aliphatic hydroxyl groups is 1. The van der Waals surface area contributed by atoms with Gasteiger partial charge in [0.2, 0.25) is 5.91 Å². The minimum absolute atomic E-state index is 0.269. The van der Waals surface area contributed by atoms with Gasteiger partial charge in [0, 0.05) is 19.7 Å². The molecule has 0 radical (unpaired) electrons. The van der Waals surface area contributed by atoms with Crippen molar-refractivity contribution in [2.24, 2.45) is 11.8 Å². The first-order valence-corrected chi connectivity index (χ1v) is 7.75. The average Bonchev–Trinajstić information content (AvgIpc) is 2.34. The summed E-state index contributed by atoms with van der Waals surface area (Å²) in [6.07, 6.45) is 3.10. The summed E-state index contributed by atoms with van der Waals surface area (Å²) in [6, 6.07) is 0. The van der Waals surface area contributed by atoms with Crippen LogP contribution in [-0.2, 0) is 4.79 Å². The predicted octanol–water partition coefficient (Wildman–Crippen LogP) is 2.00. The number of likely N-dealkylation sites (tertiary alicyclic amines) is 1. The highest BCUT2D eigenvalue weighted by molar-refractivity contribution is 7.99. The third kappa shape index (κ3) is 5.77.